The van der Waals surface area contributed by atoms with Crippen LogP contribution in [0.25, 0.3) is 0 Å². The van der Waals surface area contributed by atoms with Gasteiger partial charge >= 0.3 is 0 Å². The molecule has 0 aliphatic heterocycles. The fourth-order valence-electron chi connectivity index (χ4n) is 0.706. The van der Waals surface area contributed by atoms with E-state index in [-0.39, 0.29) is 0 Å². The summed E-state index contributed by atoms with van der Waals surface area (Å²) in [5, 5.41) is 13.9. The molecular formula is C8H12N8. The molecule has 0 aliphatic rings. The van der Waals surface area contributed by atoms with Gasteiger partial charge in [-0.25, -0.2) is 0 Å². The van der Waals surface area contributed by atoms with Gasteiger partial charge in [0.05, 0.1) is 0 Å². The maximum absolute atomic E-state index is 5.20. The number of hydrogen-bond donors (Lipinski definition) is 4. The van der Waals surface area contributed by atoms with Crippen molar-refractivity contribution in [2.75, 3.05) is 22.9 Å². The normalized spacial score (nSPS) is 9.00. The van der Waals surface area contributed by atoms with Gasteiger partial charge < -0.3 is 22.9 Å². The van der Waals surface area contributed by atoms with E-state index in [0.29, 0.717) is 23.3 Å². The third-order valence-corrected chi connectivity index (χ3v) is 1.41. The van der Waals surface area contributed by atoms with Gasteiger partial charge in [-0.3, -0.25) is 0 Å². The number of aromatic nitrogens is 4. The van der Waals surface area contributed by atoms with Gasteiger partial charge in [-0.1, -0.05) is 0 Å². The summed E-state index contributed by atoms with van der Waals surface area (Å²) in [7, 11) is 0. The van der Waals surface area contributed by atoms with Crippen molar-refractivity contribution in [3.63, 3.8) is 0 Å². The second-order valence-electron chi connectivity index (χ2n) is 2.77. The molecule has 0 aliphatic carbocycles. The number of anilines is 4. The van der Waals surface area contributed by atoms with Crippen molar-refractivity contribution in [2.24, 2.45) is 0 Å². The fourth-order valence-corrected chi connectivity index (χ4v) is 0.706. The zero-order valence-electron chi connectivity index (χ0n) is 8.41. The molecule has 8 N–H and O–H groups in total. The Morgan fingerprint density at radius 3 is 0.812 bits per heavy atom. The Balaban J connectivity index is 0.000000160. The number of nitrogens with two attached hydrogens (primary N) is 4. The molecule has 0 saturated carbocycles. The van der Waals surface area contributed by atoms with Gasteiger partial charge in [0.25, 0.3) is 0 Å². The standard InChI is InChI=1S/2C4H6N4/c2*5-3-1-2-4(6)8-7-3/h2*1-2H,(H2,5,7)(H2,6,8). The lowest BCUT2D eigenvalue weighted by Crippen LogP contribution is -1.95. The van der Waals surface area contributed by atoms with Crippen molar-refractivity contribution in [3.05, 3.63) is 24.3 Å². The molecule has 0 unspecified atom stereocenters. The van der Waals surface area contributed by atoms with E-state index in [9.17, 15) is 0 Å². The maximum atomic E-state index is 5.20. The van der Waals surface area contributed by atoms with Gasteiger partial charge in [-0.15, -0.1) is 20.4 Å². The van der Waals surface area contributed by atoms with Gasteiger partial charge in [-0.05, 0) is 24.3 Å². The molecule has 0 atom stereocenters. The van der Waals surface area contributed by atoms with Crippen LogP contribution in [0.1, 0.15) is 0 Å². The smallest absolute Gasteiger partial charge is 0.146 e. The molecule has 0 aromatic carbocycles. The summed E-state index contributed by atoms with van der Waals surface area (Å²) in [5.74, 6) is 1.55. The number of hydrogen-bond acceptors (Lipinski definition) is 8. The van der Waals surface area contributed by atoms with Gasteiger partial charge in [0.15, 0.2) is 0 Å². The lowest BCUT2D eigenvalue weighted by atomic mass is 10.5. The topological polar surface area (TPSA) is 156 Å². The van der Waals surface area contributed by atoms with Crippen LogP contribution in [-0.2, 0) is 0 Å². The van der Waals surface area contributed by atoms with Crippen molar-refractivity contribution >= 4 is 23.3 Å². The predicted octanol–water partition coefficient (Wildman–Crippen LogP) is -0.718. The summed E-state index contributed by atoms with van der Waals surface area (Å²) in [6.07, 6.45) is 0. The van der Waals surface area contributed by atoms with E-state index in [0.717, 1.165) is 0 Å². The Bertz CT molecular complexity index is 337. The molecule has 16 heavy (non-hydrogen) atoms. The van der Waals surface area contributed by atoms with Crippen molar-refractivity contribution in [1.82, 2.24) is 20.4 Å². The molecule has 84 valence electrons. The fraction of sp³-hybridized carbons (Fsp3) is 0. The van der Waals surface area contributed by atoms with Crippen LogP contribution in [0.2, 0.25) is 0 Å². The first kappa shape index (κ1) is 11.4. The second kappa shape index (κ2) is 5.29. The molecule has 0 amide bonds. The molecule has 8 nitrogen and oxygen atoms in total. The lowest BCUT2D eigenvalue weighted by molar-refractivity contribution is 1.05. The van der Waals surface area contributed by atoms with Gasteiger partial charge in [0.2, 0.25) is 0 Å². The van der Waals surface area contributed by atoms with Crippen LogP contribution in [-0.4, -0.2) is 20.4 Å². The highest BCUT2D eigenvalue weighted by Crippen LogP contribution is 1.96. The highest BCUT2D eigenvalue weighted by molar-refractivity contribution is 5.34. The van der Waals surface area contributed by atoms with Crippen LogP contribution in [0, 0.1) is 0 Å². The highest BCUT2D eigenvalue weighted by Gasteiger charge is 1.84. The van der Waals surface area contributed by atoms with E-state index in [2.05, 4.69) is 20.4 Å². The molecule has 0 fully saturated rings. The van der Waals surface area contributed by atoms with E-state index in [1.54, 1.807) is 24.3 Å². The molecule has 2 rings (SSSR count). The van der Waals surface area contributed by atoms with Gasteiger partial charge in [0, 0.05) is 0 Å². The quantitative estimate of drug-likeness (QED) is 0.453. The van der Waals surface area contributed by atoms with Gasteiger partial charge in [0.1, 0.15) is 23.3 Å². The molecule has 8 heteroatoms. The molecule has 2 aromatic heterocycles. The van der Waals surface area contributed by atoms with Crippen LogP contribution in [0.15, 0.2) is 24.3 Å². The SMILES string of the molecule is Nc1ccc(N)nn1.Nc1ccc(N)nn1. The number of nitrogens with zero attached hydrogens (tertiary/aromatic N) is 4. The monoisotopic (exact) mass is 220 g/mol. The third-order valence-electron chi connectivity index (χ3n) is 1.41. The summed E-state index contributed by atoms with van der Waals surface area (Å²) >= 11 is 0. The number of rotatable bonds is 0. The maximum Gasteiger partial charge on any atom is 0.146 e. The predicted molar refractivity (Wildman–Crippen MR) is 61.7 cm³/mol. The Kier molecular flexibility index (Phi) is 3.78. The van der Waals surface area contributed by atoms with E-state index in [4.69, 9.17) is 22.9 Å². The van der Waals surface area contributed by atoms with Crippen LogP contribution in [0.5, 0.6) is 0 Å². The minimum Gasteiger partial charge on any atom is -0.382 e. The molecule has 0 saturated heterocycles. The Labute approximate surface area is 91.7 Å². The zero-order chi connectivity index (χ0) is 12.0. The second-order valence-corrected chi connectivity index (χ2v) is 2.77. The summed E-state index contributed by atoms with van der Waals surface area (Å²) in [5.41, 5.74) is 20.8. The molecule has 2 heterocycles. The Hall–Kier alpha value is -2.64. The van der Waals surface area contributed by atoms with E-state index >= 15 is 0 Å². The average molecular weight is 220 g/mol. The largest absolute Gasteiger partial charge is 0.382 e. The van der Waals surface area contributed by atoms with Crippen molar-refractivity contribution in [3.8, 4) is 0 Å². The van der Waals surface area contributed by atoms with E-state index in [1.807, 2.05) is 0 Å². The summed E-state index contributed by atoms with van der Waals surface area (Å²) in [4.78, 5) is 0. The minimum absolute atomic E-state index is 0.388. The molecule has 2 aromatic rings. The third kappa shape index (κ3) is 4.05. The van der Waals surface area contributed by atoms with Crippen molar-refractivity contribution < 1.29 is 0 Å². The Morgan fingerprint density at radius 2 is 0.688 bits per heavy atom. The van der Waals surface area contributed by atoms with Gasteiger partial charge in [-0.2, -0.15) is 0 Å². The first-order chi connectivity index (χ1) is 7.58. The summed E-state index contributed by atoms with van der Waals surface area (Å²) < 4.78 is 0. The molecular weight excluding hydrogens is 208 g/mol. The van der Waals surface area contributed by atoms with E-state index < -0.39 is 0 Å². The number of nitrogen functional groups attached to an aromatic ring is 4. The Morgan fingerprint density at radius 1 is 0.500 bits per heavy atom. The zero-order valence-corrected chi connectivity index (χ0v) is 8.41. The molecule has 0 bridgehead atoms. The highest BCUT2D eigenvalue weighted by atomic mass is 15.2. The molecule has 0 spiro atoms. The van der Waals surface area contributed by atoms with Crippen LogP contribution in [0.3, 0.4) is 0 Å². The van der Waals surface area contributed by atoms with Crippen molar-refractivity contribution in [1.29, 1.82) is 0 Å². The van der Waals surface area contributed by atoms with Crippen LogP contribution in [0.4, 0.5) is 23.3 Å². The van der Waals surface area contributed by atoms with Crippen LogP contribution >= 0.6 is 0 Å². The lowest BCUT2D eigenvalue weighted by Gasteiger charge is -1.88. The minimum atomic E-state index is 0.388. The average Bonchev–Trinajstić information content (AvgIpc) is 2.28. The summed E-state index contributed by atoms with van der Waals surface area (Å²) in [6.45, 7) is 0. The summed E-state index contributed by atoms with van der Waals surface area (Å²) in [6, 6.07) is 6.40. The first-order valence-electron chi connectivity index (χ1n) is 4.27. The van der Waals surface area contributed by atoms with Crippen molar-refractivity contribution in [2.45, 2.75) is 0 Å². The molecule has 0 radical (unpaired) electrons. The first-order valence-corrected chi connectivity index (χ1v) is 4.27. The van der Waals surface area contributed by atoms with Crippen LogP contribution < -0.4 is 22.9 Å². The van der Waals surface area contributed by atoms with E-state index in [1.165, 1.54) is 0 Å².